The van der Waals surface area contributed by atoms with Gasteiger partial charge >= 0.3 is 0 Å². The molecule has 1 heterocycles. The number of hydrogen-bond acceptors (Lipinski definition) is 5. The average Bonchev–Trinajstić information content (AvgIpc) is 3.04. The number of nitrogens with one attached hydrogen (secondary N) is 1. The number of benzene rings is 2. The largest absolute Gasteiger partial charge is 0.496 e. The van der Waals surface area contributed by atoms with E-state index in [9.17, 15) is 19.7 Å². The number of amides is 2. The number of carbonyl (C=O) groups excluding carboxylic acids is 2. The highest BCUT2D eigenvalue weighted by molar-refractivity contribution is 6.04. The fourth-order valence-electron chi connectivity index (χ4n) is 2.99. The maximum Gasteiger partial charge on any atom is 0.296 e. The van der Waals surface area contributed by atoms with Gasteiger partial charge in [0.15, 0.2) is 0 Å². The molecule has 0 aliphatic carbocycles. The van der Waals surface area contributed by atoms with Crippen LogP contribution in [0.4, 0.5) is 17.1 Å². The second-order valence-electron chi connectivity index (χ2n) is 6.37. The molecule has 8 heteroatoms. The Morgan fingerprint density at radius 2 is 1.96 bits per heavy atom. The third kappa shape index (κ3) is 3.89. The summed E-state index contributed by atoms with van der Waals surface area (Å²) in [6, 6.07) is 11.7. The van der Waals surface area contributed by atoms with E-state index >= 15 is 0 Å². The van der Waals surface area contributed by atoms with Crippen LogP contribution in [-0.4, -0.2) is 30.4 Å². The Morgan fingerprint density at radius 3 is 2.59 bits per heavy atom. The zero-order valence-electron chi connectivity index (χ0n) is 15.0. The van der Waals surface area contributed by atoms with Crippen molar-refractivity contribution >= 4 is 28.9 Å². The van der Waals surface area contributed by atoms with Gasteiger partial charge in [0.2, 0.25) is 11.8 Å². The fraction of sp³-hybridized carbons (Fsp3) is 0.263. The number of methoxy groups -OCH3 is 1. The van der Waals surface area contributed by atoms with E-state index in [-0.39, 0.29) is 30.2 Å². The van der Waals surface area contributed by atoms with Crippen LogP contribution >= 0.6 is 0 Å². The van der Waals surface area contributed by atoms with Crippen molar-refractivity contribution in [3.8, 4) is 5.75 Å². The summed E-state index contributed by atoms with van der Waals surface area (Å²) in [6.45, 7) is 2.19. The number of hydrogen-bond donors (Lipinski definition) is 1. The van der Waals surface area contributed by atoms with Crippen LogP contribution in [0.1, 0.15) is 12.0 Å². The van der Waals surface area contributed by atoms with Crippen molar-refractivity contribution in [2.24, 2.45) is 5.92 Å². The maximum atomic E-state index is 12.6. The molecule has 3 rings (SSSR count). The first-order valence-corrected chi connectivity index (χ1v) is 8.39. The fourth-order valence-corrected chi connectivity index (χ4v) is 2.99. The summed E-state index contributed by atoms with van der Waals surface area (Å²) in [6.07, 6.45) is 0.0592. The van der Waals surface area contributed by atoms with Crippen molar-refractivity contribution < 1.29 is 19.2 Å². The molecule has 27 heavy (non-hydrogen) atoms. The van der Waals surface area contributed by atoms with Gasteiger partial charge in [0, 0.05) is 18.7 Å². The van der Waals surface area contributed by atoms with Crippen molar-refractivity contribution in [2.45, 2.75) is 13.3 Å². The predicted molar refractivity (Wildman–Crippen MR) is 99.9 cm³/mol. The molecule has 1 aliphatic rings. The molecule has 0 radical (unpaired) electrons. The van der Waals surface area contributed by atoms with Crippen LogP contribution < -0.4 is 15.0 Å². The van der Waals surface area contributed by atoms with Crippen LogP contribution in [0.3, 0.4) is 0 Å². The molecule has 140 valence electrons. The normalized spacial score (nSPS) is 16.3. The highest BCUT2D eigenvalue weighted by Crippen LogP contribution is 2.31. The second-order valence-corrected chi connectivity index (χ2v) is 6.37. The molecule has 2 amide bonds. The average molecular weight is 369 g/mol. The zero-order chi connectivity index (χ0) is 19.6. The lowest BCUT2D eigenvalue weighted by atomic mass is 10.1. The number of anilines is 2. The SMILES string of the molecule is COc1ccc(NC(=O)C2CC(=O)N(c3ccc(C)cc3)C2)c([N+](=O)[O-])c1. The Labute approximate surface area is 155 Å². The molecule has 0 spiro atoms. The van der Waals surface area contributed by atoms with Crippen LogP contribution in [0, 0.1) is 23.0 Å². The van der Waals surface area contributed by atoms with Crippen molar-refractivity contribution in [3.05, 3.63) is 58.1 Å². The number of nitro benzene ring substituents is 1. The Morgan fingerprint density at radius 1 is 1.26 bits per heavy atom. The summed E-state index contributed by atoms with van der Waals surface area (Å²) in [5.41, 5.74) is 1.62. The number of carbonyl (C=O) groups is 2. The molecule has 0 bridgehead atoms. The van der Waals surface area contributed by atoms with Crippen LogP contribution in [0.5, 0.6) is 5.75 Å². The Hall–Kier alpha value is -3.42. The molecule has 0 saturated carbocycles. The van der Waals surface area contributed by atoms with Gasteiger partial charge in [0.05, 0.1) is 24.0 Å². The van der Waals surface area contributed by atoms with Gasteiger partial charge in [0.25, 0.3) is 5.69 Å². The van der Waals surface area contributed by atoms with Gasteiger partial charge in [-0.15, -0.1) is 0 Å². The predicted octanol–water partition coefficient (Wildman–Crippen LogP) is 2.90. The van der Waals surface area contributed by atoms with Gasteiger partial charge in [-0.3, -0.25) is 19.7 Å². The summed E-state index contributed by atoms with van der Waals surface area (Å²) >= 11 is 0. The topological polar surface area (TPSA) is 102 Å². The summed E-state index contributed by atoms with van der Waals surface area (Å²) in [4.78, 5) is 37.1. The first kappa shape index (κ1) is 18.4. The van der Waals surface area contributed by atoms with Gasteiger partial charge in [-0.25, -0.2) is 0 Å². The highest BCUT2D eigenvalue weighted by atomic mass is 16.6. The first-order valence-electron chi connectivity index (χ1n) is 8.39. The summed E-state index contributed by atoms with van der Waals surface area (Å²) in [5.74, 6) is -0.837. The lowest BCUT2D eigenvalue weighted by Gasteiger charge is -2.17. The van der Waals surface area contributed by atoms with E-state index in [2.05, 4.69) is 5.32 Å². The molecule has 2 aromatic carbocycles. The van der Waals surface area contributed by atoms with Gasteiger partial charge in [-0.1, -0.05) is 17.7 Å². The smallest absolute Gasteiger partial charge is 0.296 e. The quantitative estimate of drug-likeness (QED) is 0.645. The van der Waals surface area contributed by atoms with Gasteiger partial charge in [-0.05, 0) is 31.2 Å². The van der Waals surface area contributed by atoms with Crippen LogP contribution in [-0.2, 0) is 9.59 Å². The van der Waals surface area contributed by atoms with E-state index in [1.807, 2.05) is 31.2 Å². The van der Waals surface area contributed by atoms with E-state index in [1.165, 1.54) is 25.3 Å². The third-order valence-corrected chi connectivity index (χ3v) is 4.50. The van der Waals surface area contributed by atoms with Gasteiger partial charge in [-0.2, -0.15) is 0 Å². The second kappa shape index (κ2) is 7.45. The number of aryl methyl sites for hydroxylation is 1. The molecular weight excluding hydrogens is 350 g/mol. The molecule has 1 saturated heterocycles. The molecule has 2 aromatic rings. The van der Waals surface area contributed by atoms with E-state index in [0.29, 0.717) is 5.75 Å². The van der Waals surface area contributed by atoms with Gasteiger partial charge in [0.1, 0.15) is 11.4 Å². The Balaban J connectivity index is 1.75. The first-order chi connectivity index (χ1) is 12.9. The standard InChI is InChI=1S/C19H19N3O5/c1-12-3-5-14(6-4-12)21-11-13(9-18(21)23)19(24)20-16-8-7-15(27-2)10-17(16)22(25)26/h3-8,10,13H,9,11H2,1-2H3,(H,20,24). The summed E-state index contributed by atoms with van der Waals surface area (Å²) in [7, 11) is 1.40. The lowest BCUT2D eigenvalue weighted by Crippen LogP contribution is -2.28. The van der Waals surface area contributed by atoms with E-state index in [4.69, 9.17) is 4.74 Å². The van der Waals surface area contributed by atoms with Crippen molar-refractivity contribution in [1.82, 2.24) is 0 Å². The third-order valence-electron chi connectivity index (χ3n) is 4.50. The summed E-state index contributed by atoms with van der Waals surface area (Å²) in [5, 5.41) is 13.8. The Kier molecular flexibility index (Phi) is 5.07. The van der Waals surface area contributed by atoms with E-state index in [1.54, 1.807) is 4.90 Å². The van der Waals surface area contributed by atoms with Crippen molar-refractivity contribution in [1.29, 1.82) is 0 Å². The molecule has 0 aromatic heterocycles. The molecular formula is C19H19N3O5. The van der Waals surface area contributed by atoms with Crippen LogP contribution in [0.2, 0.25) is 0 Å². The number of nitro groups is 1. The zero-order valence-corrected chi connectivity index (χ0v) is 15.0. The minimum absolute atomic E-state index is 0.0592. The highest BCUT2D eigenvalue weighted by Gasteiger charge is 2.35. The molecule has 1 fully saturated rings. The molecule has 1 unspecified atom stereocenters. The van der Waals surface area contributed by atoms with Crippen molar-refractivity contribution in [3.63, 3.8) is 0 Å². The number of ether oxygens (including phenoxy) is 1. The molecule has 8 nitrogen and oxygen atoms in total. The Bertz CT molecular complexity index is 895. The van der Waals surface area contributed by atoms with Crippen molar-refractivity contribution in [2.75, 3.05) is 23.9 Å². The maximum absolute atomic E-state index is 12.6. The number of rotatable bonds is 5. The molecule has 1 aliphatic heterocycles. The minimum atomic E-state index is -0.587. The van der Waals surface area contributed by atoms with E-state index < -0.39 is 16.7 Å². The van der Waals surface area contributed by atoms with Crippen LogP contribution in [0.25, 0.3) is 0 Å². The summed E-state index contributed by atoms with van der Waals surface area (Å²) < 4.78 is 4.98. The minimum Gasteiger partial charge on any atom is -0.496 e. The molecule has 1 N–H and O–H groups in total. The monoisotopic (exact) mass is 369 g/mol. The number of nitrogens with zero attached hydrogens (tertiary/aromatic N) is 2. The molecule has 1 atom stereocenters. The van der Waals surface area contributed by atoms with Crippen LogP contribution in [0.15, 0.2) is 42.5 Å². The van der Waals surface area contributed by atoms with Gasteiger partial charge < -0.3 is 15.0 Å². The van der Waals surface area contributed by atoms with E-state index in [0.717, 1.165) is 11.3 Å². The lowest BCUT2D eigenvalue weighted by molar-refractivity contribution is -0.384.